The first kappa shape index (κ1) is 14.0. The molecule has 0 fully saturated rings. The van der Waals surface area contributed by atoms with E-state index in [1.807, 2.05) is 18.0 Å². The topological polar surface area (TPSA) is 79.3 Å². The summed E-state index contributed by atoms with van der Waals surface area (Å²) in [6.07, 6.45) is 0.451. The van der Waals surface area contributed by atoms with Crippen LogP contribution >= 0.6 is 0 Å². The Morgan fingerprint density at radius 3 is 2.89 bits per heavy atom. The van der Waals surface area contributed by atoms with Crippen LogP contribution in [0.5, 0.6) is 0 Å². The van der Waals surface area contributed by atoms with Crippen LogP contribution in [0.1, 0.15) is 22.3 Å². The number of hydrogen-bond acceptors (Lipinski definition) is 5. The number of carbonyl (C=O) groups is 1. The van der Waals surface area contributed by atoms with Gasteiger partial charge in [-0.15, -0.1) is 0 Å². The number of carbonyl (C=O) groups excluding carboxylic acids is 1. The molecule has 0 bridgehead atoms. The maximum Gasteiger partial charge on any atom is 0.340 e. The van der Waals surface area contributed by atoms with Gasteiger partial charge in [0, 0.05) is 25.2 Å². The molecular weight excluding hydrogens is 230 g/mol. The quantitative estimate of drug-likeness (QED) is 0.628. The summed E-state index contributed by atoms with van der Waals surface area (Å²) in [4.78, 5) is 13.6. The number of nitriles is 1. The standard InChI is InChI=1S/C13H17N3O2/c1-16(8-4-7-14)9-10-5-3-6-11(15)12(10)13(17)18-2/h3,5-6H,4,8-9,15H2,1-2H3. The van der Waals surface area contributed by atoms with Gasteiger partial charge in [-0.1, -0.05) is 12.1 Å². The summed E-state index contributed by atoms with van der Waals surface area (Å²) in [6.45, 7) is 1.20. The molecule has 0 saturated heterocycles. The van der Waals surface area contributed by atoms with Gasteiger partial charge in [-0.05, 0) is 18.7 Å². The average Bonchev–Trinajstić information content (AvgIpc) is 2.35. The molecule has 1 aromatic carbocycles. The van der Waals surface area contributed by atoms with E-state index in [9.17, 15) is 4.79 Å². The predicted molar refractivity (Wildman–Crippen MR) is 68.8 cm³/mol. The molecule has 0 spiro atoms. The van der Waals surface area contributed by atoms with E-state index in [0.717, 1.165) is 5.56 Å². The zero-order valence-corrected chi connectivity index (χ0v) is 10.6. The Bertz CT molecular complexity index is 466. The fourth-order valence-electron chi connectivity index (χ4n) is 1.71. The van der Waals surface area contributed by atoms with Crippen LogP contribution in [0.4, 0.5) is 5.69 Å². The SMILES string of the molecule is COC(=O)c1c(N)cccc1CN(C)CCC#N. The lowest BCUT2D eigenvalue weighted by molar-refractivity contribution is 0.0600. The summed E-state index contributed by atoms with van der Waals surface area (Å²) in [6, 6.07) is 7.40. The molecule has 0 aliphatic heterocycles. The van der Waals surface area contributed by atoms with E-state index >= 15 is 0 Å². The van der Waals surface area contributed by atoms with Crippen LogP contribution in [0.2, 0.25) is 0 Å². The molecule has 0 aromatic heterocycles. The van der Waals surface area contributed by atoms with Gasteiger partial charge in [-0.2, -0.15) is 5.26 Å². The lowest BCUT2D eigenvalue weighted by Crippen LogP contribution is -2.21. The first-order valence-electron chi connectivity index (χ1n) is 5.61. The van der Waals surface area contributed by atoms with Gasteiger partial charge >= 0.3 is 5.97 Å². The Kier molecular flexibility index (Phi) is 5.15. The molecule has 0 aliphatic rings. The van der Waals surface area contributed by atoms with Crippen LogP contribution in [0, 0.1) is 11.3 Å². The van der Waals surface area contributed by atoms with E-state index in [1.165, 1.54) is 7.11 Å². The van der Waals surface area contributed by atoms with E-state index < -0.39 is 5.97 Å². The van der Waals surface area contributed by atoms with Crippen LogP contribution in [-0.4, -0.2) is 31.6 Å². The predicted octanol–water partition coefficient (Wildman–Crippen LogP) is 1.40. The van der Waals surface area contributed by atoms with Crippen LogP contribution in [-0.2, 0) is 11.3 Å². The molecule has 0 unspecified atom stereocenters. The molecule has 0 heterocycles. The number of anilines is 1. The highest BCUT2D eigenvalue weighted by molar-refractivity contribution is 5.96. The van der Waals surface area contributed by atoms with Crippen molar-refractivity contribution in [1.29, 1.82) is 5.26 Å². The Morgan fingerprint density at radius 2 is 2.28 bits per heavy atom. The van der Waals surface area contributed by atoms with Crippen molar-refractivity contribution >= 4 is 11.7 Å². The van der Waals surface area contributed by atoms with Crippen LogP contribution in [0.3, 0.4) is 0 Å². The molecule has 0 amide bonds. The van der Waals surface area contributed by atoms with E-state index in [-0.39, 0.29) is 0 Å². The summed E-state index contributed by atoms with van der Waals surface area (Å²) < 4.78 is 4.73. The van der Waals surface area contributed by atoms with Crippen molar-refractivity contribution < 1.29 is 9.53 Å². The number of rotatable bonds is 5. The van der Waals surface area contributed by atoms with Crippen LogP contribution in [0.15, 0.2) is 18.2 Å². The number of esters is 1. The third-order valence-corrected chi connectivity index (χ3v) is 2.62. The normalized spacial score (nSPS) is 10.1. The Hall–Kier alpha value is -2.06. The minimum absolute atomic E-state index is 0.406. The van der Waals surface area contributed by atoms with Gasteiger partial charge in [0.1, 0.15) is 0 Å². The monoisotopic (exact) mass is 247 g/mol. The average molecular weight is 247 g/mol. The molecule has 1 aromatic rings. The van der Waals surface area contributed by atoms with Crippen molar-refractivity contribution in [3.63, 3.8) is 0 Å². The zero-order chi connectivity index (χ0) is 13.5. The van der Waals surface area contributed by atoms with Gasteiger partial charge in [0.2, 0.25) is 0 Å². The fraction of sp³-hybridized carbons (Fsp3) is 0.385. The number of nitrogens with zero attached hydrogens (tertiary/aromatic N) is 2. The highest BCUT2D eigenvalue weighted by Crippen LogP contribution is 2.19. The maximum absolute atomic E-state index is 11.7. The van der Waals surface area contributed by atoms with Crippen molar-refractivity contribution in [1.82, 2.24) is 4.90 Å². The molecule has 1 rings (SSSR count). The smallest absolute Gasteiger partial charge is 0.340 e. The maximum atomic E-state index is 11.7. The van der Waals surface area contributed by atoms with Gasteiger partial charge in [-0.25, -0.2) is 4.79 Å². The highest BCUT2D eigenvalue weighted by Gasteiger charge is 2.16. The van der Waals surface area contributed by atoms with Gasteiger partial charge in [-0.3, -0.25) is 0 Å². The summed E-state index contributed by atoms with van der Waals surface area (Å²) in [7, 11) is 3.22. The molecule has 5 nitrogen and oxygen atoms in total. The number of nitrogen functional groups attached to an aromatic ring is 1. The van der Waals surface area contributed by atoms with Gasteiger partial charge in [0.05, 0.1) is 18.7 Å². The third-order valence-electron chi connectivity index (χ3n) is 2.62. The first-order valence-corrected chi connectivity index (χ1v) is 5.61. The third kappa shape index (κ3) is 3.47. The summed E-state index contributed by atoms with van der Waals surface area (Å²) in [5.74, 6) is -0.434. The van der Waals surface area contributed by atoms with Crippen molar-refractivity contribution in [3.8, 4) is 6.07 Å². The number of hydrogen-bond donors (Lipinski definition) is 1. The number of benzene rings is 1. The van der Waals surface area contributed by atoms with E-state index in [0.29, 0.717) is 30.8 Å². The summed E-state index contributed by atoms with van der Waals surface area (Å²) >= 11 is 0. The lowest BCUT2D eigenvalue weighted by Gasteiger charge is -2.17. The molecular formula is C13H17N3O2. The molecule has 96 valence electrons. The first-order chi connectivity index (χ1) is 8.60. The van der Waals surface area contributed by atoms with Crippen molar-refractivity contribution in [2.45, 2.75) is 13.0 Å². The van der Waals surface area contributed by atoms with Crippen LogP contribution < -0.4 is 5.73 Å². The fourth-order valence-corrected chi connectivity index (χ4v) is 1.71. The van der Waals surface area contributed by atoms with Crippen molar-refractivity contribution in [3.05, 3.63) is 29.3 Å². The second kappa shape index (κ2) is 6.62. The number of ether oxygens (including phenoxy) is 1. The minimum Gasteiger partial charge on any atom is -0.465 e. The second-order valence-corrected chi connectivity index (χ2v) is 4.02. The molecule has 18 heavy (non-hydrogen) atoms. The van der Waals surface area contributed by atoms with E-state index in [4.69, 9.17) is 15.7 Å². The Morgan fingerprint density at radius 1 is 1.56 bits per heavy atom. The van der Waals surface area contributed by atoms with Gasteiger partial charge in [0.25, 0.3) is 0 Å². The molecule has 0 radical (unpaired) electrons. The molecule has 5 heteroatoms. The number of methoxy groups -OCH3 is 1. The lowest BCUT2D eigenvalue weighted by atomic mass is 10.0. The zero-order valence-electron chi connectivity index (χ0n) is 10.6. The second-order valence-electron chi connectivity index (χ2n) is 4.02. The Labute approximate surface area is 107 Å². The number of nitrogens with two attached hydrogens (primary N) is 1. The van der Waals surface area contributed by atoms with Gasteiger partial charge in [0.15, 0.2) is 0 Å². The molecule has 0 saturated carbocycles. The summed E-state index contributed by atoms with van der Waals surface area (Å²) in [5, 5.41) is 8.54. The molecule has 0 atom stereocenters. The van der Waals surface area contributed by atoms with E-state index in [2.05, 4.69) is 6.07 Å². The molecule has 0 aliphatic carbocycles. The van der Waals surface area contributed by atoms with Crippen LogP contribution in [0.25, 0.3) is 0 Å². The van der Waals surface area contributed by atoms with Crippen molar-refractivity contribution in [2.75, 3.05) is 26.4 Å². The van der Waals surface area contributed by atoms with Crippen molar-refractivity contribution in [2.24, 2.45) is 0 Å². The molecule has 2 N–H and O–H groups in total. The largest absolute Gasteiger partial charge is 0.465 e. The van der Waals surface area contributed by atoms with Gasteiger partial charge < -0.3 is 15.4 Å². The summed E-state index contributed by atoms with van der Waals surface area (Å²) in [5.41, 5.74) is 7.43. The van der Waals surface area contributed by atoms with E-state index in [1.54, 1.807) is 12.1 Å². The Balaban J connectivity index is 2.92. The highest BCUT2D eigenvalue weighted by atomic mass is 16.5. The minimum atomic E-state index is -0.434.